The molecule has 2 rings (SSSR count). The second-order valence-electron chi connectivity index (χ2n) is 4.72. The molecular weight excluding hydrogens is 314 g/mol. The summed E-state index contributed by atoms with van der Waals surface area (Å²) in [6, 6.07) is 4.27. The largest absolute Gasteiger partial charge is 0.480 e. The van der Waals surface area contributed by atoms with Crippen LogP contribution in [0.15, 0.2) is 22.7 Å². The van der Waals surface area contributed by atoms with Gasteiger partial charge < -0.3 is 15.1 Å². The van der Waals surface area contributed by atoms with Crippen molar-refractivity contribution in [2.24, 2.45) is 0 Å². The van der Waals surface area contributed by atoms with Crippen LogP contribution in [0.25, 0.3) is 0 Å². The Hall–Kier alpha value is -1.40. The molecule has 1 amide bonds. The number of amides is 1. The Labute approximate surface area is 119 Å². The van der Waals surface area contributed by atoms with E-state index in [0.29, 0.717) is 5.56 Å². The number of carbonyl (C=O) groups excluding carboxylic acids is 1. The molecule has 1 aromatic carbocycles. The van der Waals surface area contributed by atoms with Crippen molar-refractivity contribution in [1.82, 2.24) is 4.90 Å². The number of halogens is 1. The highest BCUT2D eigenvalue weighted by Gasteiger charge is 2.39. The van der Waals surface area contributed by atoms with Gasteiger partial charge in [0, 0.05) is 23.0 Å². The van der Waals surface area contributed by atoms with Crippen molar-refractivity contribution in [2.45, 2.75) is 25.5 Å². The third kappa shape index (κ3) is 2.96. The number of carboxylic acids is 1. The van der Waals surface area contributed by atoms with E-state index >= 15 is 0 Å². The van der Waals surface area contributed by atoms with Gasteiger partial charge in [-0.1, -0.05) is 15.9 Å². The Morgan fingerprint density at radius 3 is 2.63 bits per heavy atom. The molecule has 5 nitrogen and oxygen atoms in total. The van der Waals surface area contributed by atoms with Crippen molar-refractivity contribution in [1.29, 1.82) is 0 Å². The molecule has 2 N–H and O–H groups in total. The zero-order valence-electron chi connectivity index (χ0n) is 10.3. The van der Waals surface area contributed by atoms with E-state index < -0.39 is 18.1 Å². The number of aliphatic carboxylic acids is 1. The molecule has 1 heterocycles. The Kier molecular flexibility index (Phi) is 3.91. The predicted molar refractivity (Wildman–Crippen MR) is 72.0 cm³/mol. The molecule has 2 atom stereocenters. The topological polar surface area (TPSA) is 77.8 Å². The van der Waals surface area contributed by atoms with Gasteiger partial charge in [-0.05, 0) is 30.7 Å². The van der Waals surface area contributed by atoms with Crippen molar-refractivity contribution in [3.63, 3.8) is 0 Å². The van der Waals surface area contributed by atoms with Gasteiger partial charge in [0.25, 0.3) is 5.91 Å². The summed E-state index contributed by atoms with van der Waals surface area (Å²) in [4.78, 5) is 24.7. The molecule has 0 spiro atoms. The van der Waals surface area contributed by atoms with Crippen LogP contribution < -0.4 is 0 Å². The molecule has 102 valence electrons. The second-order valence-corrected chi connectivity index (χ2v) is 5.63. The molecule has 1 fully saturated rings. The van der Waals surface area contributed by atoms with Gasteiger partial charge in [-0.15, -0.1) is 0 Å². The highest BCUT2D eigenvalue weighted by Crippen LogP contribution is 2.23. The van der Waals surface area contributed by atoms with Crippen LogP contribution in [0.5, 0.6) is 0 Å². The minimum Gasteiger partial charge on any atom is -0.480 e. The first kappa shape index (κ1) is 14.0. The van der Waals surface area contributed by atoms with Crippen molar-refractivity contribution in [2.75, 3.05) is 6.54 Å². The maximum absolute atomic E-state index is 12.3. The number of β-amino-alcohol motifs (C(OH)–C–C–N with tert-alkyl or cyclic N) is 1. The molecule has 0 unspecified atom stereocenters. The summed E-state index contributed by atoms with van der Waals surface area (Å²) < 4.78 is 0.766. The lowest BCUT2D eigenvalue weighted by Crippen LogP contribution is -2.40. The van der Waals surface area contributed by atoms with E-state index in [4.69, 9.17) is 5.11 Å². The molecule has 6 heteroatoms. The summed E-state index contributed by atoms with van der Waals surface area (Å²) in [6.45, 7) is 1.91. The number of aliphatic hydroxyl groups is 1. The third-order valence-electron chi connectivity index (χ3n) is 3.11. The van der Waals surface area contributed by atoms with Crippen molar-refractivity contribution in [3.05, 3.63) is 33.8 Å². The number of hydrogen-bond donors (Lipinski definition) is 2. The molecule has 0 radical (unpaired) electrons. The van der Waals surface area contributed by atoms with Crippen LogP contribution in [-0.4, -0.2) is 45.7 Å². The Balaban J connectivity index is 2.30. The molecule has 0 bridgehead atoms. The van der Waals surface area contributed by atoms with E-state index in [1.54, 1.807) is 12.1 Å². The summed E-state index contributed by atoms with van der Waals surface area (Å²) >= 11 is 3.31. The minimum absolute atomic E-state index is 0.0569. The second kappa shape index (κ2) is 5.30. The van der Waals surface area contributed by atoms with Crippen LogP contribution in [0.3, 0.4) is 0 Å². The first-order valence-electron chi connectivity index (χ1n) is 5.87. The first-order valence-corrected chi connectivity index (χ1v) is 6.67. The predicted octanol–water partition coefficient (Wildman–Crippen LogP) is 1.42. The zero-order valence-corrected chi connectivity index (χ0v) is 11.9. The lowest BCUT2D eigenvalue weighted by Gasteiger charge is -2.21. The molecule has 19 heavy (non-hydrogen) atoms. The smallest absolute Gasteiger partial charge is 0.326 e. The molecule has 1 aliphatic heterocycles. The molecule has 1 aromatic rings. The summed E-state index contributed by atoms with van der Waals surface area (Å²) in [6.07, 6.45) is -0.702. The minimum atomic E-state index is -1.09. The fraction of sp³-hybridized carbons (Fsp3) is 0.385. The average molecular weight is 328 g/mol. The van der Waals surface area contributed by atoms with Crippen LogP contribution >= 0.6 is 15.9 Å². The van der Waals surface area contributed by atoms with Crippen LogP contribution in [0.1, 0.15) is 22.3 Å². The van der Waals surface area contributed by atoms with Crippen molar-refractivity contribution >= 4 is 27.8 Å². The first-order chi connectivity index (χ1) is 8.88. The van der Waals surface area contributed by atoms with Gasteiger partial charge in [-0.2, -0.15) is 0 Å². The molecule has 1 aliphatic rings. The van der Waals surface area contributed by atoms with Gasteiger partial charge in [-0.3, -0.25) is 4.79 Å². The van der Waals surface area contributed by atoms with E-state index in [1.165, 1.54) is 4.90 Å². The molecular formula is C13H14BrNO4. The van der Waals surface area contributed by atoms with Gasteiger partial charge in [-0.25, -0.2) is 4.79 Å². The zero-order chi connectivity index (χ0) is 14.2. The number of aryl methyl sites for hydroxylation is 1. The number of carbonyl (C=O) groups is 2. The van der Waals surface area contributed by atoms with Gasteiger partial charge in [0.05, 0.1) is 6.10 Å². The van der Waals surface area contributed by atoms with E-state index in [-0.39, 0.29) is 18.9 Å². The number of aliphatic hydroxyl groups excluding tert-OH is 1. The van der Waals surface area contributed by atoms with E-state index in [1.807, 2.05) is 13.0 Å². The standard InChI is InChI=1S/C13H14BrNO4/c1-7-2-8(4-9(14)3-7)12(17)15-6-10(16)5-11(15)13(18)19/h2-4,10-11,16H,5-6H2,1H3,(H,18,19)/t10-,11+/m1/s1. The molecule has 0 aromatic heterocycles. The highest BCUT2D eigenvalue weighted by molar-refractivity contribution is 9.10. The Morgan fingerprint density at radius 2 is 2.05 bits per heavy atom. The lowest BCUT2D eigenvalue weighted by molar-refractivity contribution is -0.141. The Bertz CT molecular complexity index is 511. The Morgan fingerprint density at radius 1 is 1.37 bits per heavy atom. The molecule has 0 aliphatic carbocycles. The van der Waals surface area contributed by atoms with Gasteiger partial charge >= 0.3 is 5.97 Å². The van der Waals surface area contributed by atoms with Gasteiger partial charge in [0.1, 0.15) is 6.04 Å². The van der Waals surface area contributed by atoms with Crippen LogP contribution in [-0.2, 0) is 4.79 Å². The highest BCUT2D eigenvalue weighted by atomic mass is 79.9. The fourth-order valence-electron chi connectivity index (χ4n) is 2.30. The molecule has 0 saturated carbocycles. The third-order valence-corrected chi connectivity index (χ3v) is 3.57. The number of likely N-dealkylation sites (tertiary alicyclic amines) is 1. The lowest BCUT2D eigenvalue weighted by atomic mass is 10.1. The monoisotopic (exact) mass is 327 g/mol. The number of carboxylic acid groups (broad SMARTS) is 1. The van der Waals surface area contributed by atoms with Crippen molar-refractivity contribution in [3.8, 4) is 0 Å². The number of rotatable bonds is 2. The van der Waals surface area contributed by atoms with E-state index in [9.17, 15) is 14.7 Å². The summed E-state index contributed by atoms with van der Waals surface area (Å²) in [5.74, 6) is -1.45. The SMILES string of the molecule is Cc1cc(Br)cc(C(=O)N2C[C@H](O)C[C@H]2C(=O)O)c1. The average Bonchev–Trinajstić information content (AvgIpc) is 2.69. The normalized spacial score (nSPS) is 22.6. The maximum atomic E-state index is 12.3. The number of benzene rings is 1. The quantitative estimate of drug-likeness (QED) is 0.861. The number of nitrogens with zero attached hydrogens (tertiary/aromatic N) is 1. The van der Waals surface area contributed by atoms with Crippen molar-refractivity contribution < 1.29 is 19.8 Å². The van der Waals surface area contributed by atoms with Gasteiger partial charge in [0.2, 0.25) is 0 Å². The number of hydrogen-bond acceptors (Lipinski definition) is 3. The van der Waals surface area contributed by atoms with E-state index in [0.717, 1.165) is 10.0 Å². The van der Waals surface area contributed by atoms with Crippen LogP contribution in [0, 0.1) is 6.92 Å². The summed E-state index contributed by atoms with van der Waals surface area (Å²) in [5.41, 5.74) is 1.33. The van der Waals surface area contributed by atoms with Gasteiger partial charge in [0.15, 0.2) is 0 Å². The fourth-order valence-corrected chi connectivity index (χ4v) is 2.91. The molecule has 1 saturated heterocycles. The maximum Gasteiger partial charge on any atom is 0.326 e. The van der Waals surface area contributed by atoms with Crippen LogP contribution in [0.4, 0.5) is 0 Å². The van der Waals surface area contributed by atoms with E-state index in [2.05, 4.69) is 15.9 Å². The van der Waals surface area contributed by atoms with Crippen LogP contribution in [0.2, 0.25) is 0 Å². The summed E-state index contributed by atoms with van der Waals surface area (Å²) in [7, 11) is 0. The summed E-state index contributed by atoms with van der Waals surface area (Å²) in [5, 5.41) is 18.6.